The Hall–Kier alpha value is -4.27. The molecule has 0 radical (unpaired) electrons. The van der Waals surface area contributed by atoms with Crippen molar-refractivity contribution in [1.82, 2.24) is 24.6 Å². The van der Waals surface area contributed by atoms with Crippen molar-refractivity contribution in [2.75, 3.05) is 0 Å². The minimum absolute atomic E-state index is 0.0615. The first kappa shape index (κ1) is 23.5. The highest BCUT2D eigenvalue weighted by Crippen LogP contribution is 2.36. The first-order chi connectivity index (χ1) is 17.5. The third-order valence-electron chi connectivity index (χ3n) is 6.19. The molecule has 2 aromatic heterocycles. The Morgan fingerprint density at radius 1 is 1.08 bits per heavy atom. The van der Waals surface area contributed by atoms with Crippen molar-refractivity contribution >= 4 is 11.8 Å². The smallest absolute Gasteiger partial charge is 0.249 e. The normalized spacial score (nSPS) is 13.0. The number of halogens is 1. The Balaban J connectivity index is 1.57. The molecule has 0 spiro atoms. The van der Waals surface area contributed by atoms with Gasteiger partial charge < -0.3 is 11.1 Å². The van der Waals surface area contributed by atoms with Crippen LogP contribution >= 0.6 is 0 Å². The molecule has 2 heterocycles. The second-order valence-corrected chi connectivity index (χ2v) is 8.94. The quantitative estimate of drug-likeness (QED) is 0.353. The molecule has 5 rings (SSSR count). The zero-order chi connectivity index (χ0) is 25.1. The number of carbonyl (C=O) groups excluding carboxylic acids is 2. The molecule has 2 amide bonds. The second-order valence-electron chi connectivity index (χ2n) is 8.94. The summed E-state index contributed by atoms with van der Waals surface area (Å²) in [6.45, 7) is -0.762. The number of carbonyl (C=O) groups is 2. The van der Waals surface area contributed by atoms with Crippen molar-refractivity contribution in [3.63, 3.8) is 0 Å². The lowest BCUT2D eigenvalue weighted by molar-refractivity contribution is -0.121. The lowest BCUT2D eigenvalue weighted by atomic mass is 9.96. The second kappa shape index (κ2) is 10.2. The van der Waals surface area contributed by atoms with Crippen LogP contribution in [0.5, 0.6) is 0 Å². The molecule has 0 unspecified atom stereocenters. The predicted octanol–water partition coefficient (Wildman–Crippen LogP) is 4.03. The van der Waals surface area contributed by atoms with Crippen LogP contribution in [-0.2, 0) is 18.0 Å². The number of nitrogens with two attached hydrogens (primary N) is 1. The summed E-state index contributed by atoms with van der Waals surface area (Å²) in [6, 6.07) is 15.2. The van der Waals surface area contributed by atoms with Crippen LogP contribution in [0, 0.1) is 0 Å². The van der Waals surface area contributed by atoms with E-state index in [0.29, 0.717) is 53.4 Å². The summed E-state index contributed by atoms with van der Waals surface area (Å²) in [7, 11) is 0. The Kier molecular flexibility index (Phi) is 6.62. The van der Waals surface area contributed by atoms with Gasteiger partial charge in [-0.1, -0.05) is 30.3 Å². The van der Waals surface area contributed by atoms with Crippen LogP contribution in [0.1, 0.15) is 41.7 Å². The van der Waals surface area contributed by atoms with E-state index in [1.54, 1.807) is 24.5 Å². The van der Waals surface area contributed by atoms with E-state index in [2.05, 4.69) is 10.4 Å². The third kappa shape index (κ3) is 5.05. The fourth-order valence-corrected chi connectivity index (χ4v) is 4.28. The highest BCUT2D eigenvalue weighted by atomic mass is 19.1. The number of alkyl halides is 1. The van der Waals surface area contributed by atoms with Gasteiger partial charge in [-0.2, -0.15) is 5.10 Å². The van der Waals surface area contributed by atoms with Gasteiger partial charge in [0.05, 0.1) is 17.5 Å². The van der Waals surface area contributed by atoms with Crippen molar-refractivity contribution in [3.8, 4) is 28.2 Å². The third-order valence-corrected chi connectivity index (χ3v) is 6.19. The van der Waals surface area contributed by atoms with Crippen LogP contribution in [0.15, 0.2) is 67.1 Å². The Labute approximate surface area is 208 Å². The number of rotatable bonds is 10. The number of para-hydroxylation sites is 1. The summed E-state index contributed by atoms with van der Waals surface area (Å²) in [5, 5.41) is 7.06. The van der Waals surface area contributed by atoms with Gasteiger partial charge in [0.1, 0.15) is 5.82 Å². The minimum atomic E-state index is -0.762. The summed E-state index contributed by atoms with van der Waals surface area (Å²) in [4.78, 5) is 29.5. The molecule has 4 aromatic rings. The van der Waals surface area contributed by atoms with Crippen LogP contribution in [0.25, 0.3) is 28.2 Å². The molecule has 2 aromatic carbocycles. The molecule has 36 heavy (non-hydrogen) atoms. The Bertz CT molecular complexity index is 1390. The van der Waals surface area contributed by atoms with Gasteiger partial charge >= 0.3 is 0 Å². The van der Waals surface area contributed by atoms with Gasteiger partial charge in [-0.05, 0) is 49.4 Å². The average Bonchev–Trinajstić information content (AvgIpc) is 3.40. The van der Waals surface area contributed by atoms with E-state index in [4.69, 9.17) is 10.7 Å². The molecule has 0 saturated heterocycles. The molecule has 1 aliphatic carbocycles. The molecule has 3 N–H and O–H groups in total. The number of hydrogen-bond acceptors (Lipinski definition) is 4. The molecule has 0 atom stereocenters. The van der Waals surface area contributed by atoms with E-state index < -0.39 is 12.7 Å². The fraction of sp³-hybridized carbons (Fsp3) is 0.259. The fourth-order valence-electron chi connectivity index (χ4n) is 4.28. The summed E-state index contributed by atoms with van der Waals surface area (Å²) in [5.41, 5.74) is 9.60. The number of imidazole rings is 1. The Morgan fingerprint density at radius 3 is 2.58 bits per heavy atom. The number of aryl methyl sites for hydroxylation is 1. The number of nitrogens with zero attached hydrogens (tertiary/aromatic N) is 4. The van der Waals surface area contributed by atoms with Gasteiger partial charge in [-0.3, -0.25) is 14.2 Å². The molecule has 0 aliphatic heterocycles. The van der Waals surface area contributed by atoms with Gasteiger partial charge in [0, 0.05) is 41.7 Å². The molecule has 9 heteroatoms. The lowest BCUT2D eigenvalue weighted by Gasteiger charge is -2.14. The number of primary amides is 1. The molecule has 1 saturated carbocycles. The number of amides is 2. The first-order valence-electron chi connectivity index (χ1n) is 12.0. The van der Waals surface area contributed by atoms with Gasteiger partial charge in [0.2, 0.25) is 11.8 Å². The maximum absolute atomic E-state index is 13.2. The maximum atomic E-state index is 13.2. The van der Waals surface area contributed by atoms with Gasteiger partial charge in [-0.25, -0.2) is 14.1 Å². The van der Waals surface area contributed by atoms with Crippen LogP contribution in [-0.4, -0.2) is 37.2 Å². The van der Waals surface area contributed by atoms with Gasteiger partial charge in [-0.15, -0.1) is 0 Å². The monoisotopic (exact) mass is 486 g/mol. The largest absolute Gasteiger partial charge is 0.366 e. The summed E-state index contributed by atoms with van der Waals surface area (Å²) in [5.74, 6) is 0.00752. The van der Waals surface area contributed by atoms with Crippen LogP contribution < -0.4 is 11.1 Å². The van der Waals surface area contributed by atoms with Crippen LogP contribution in [0.3, 0.4) is 0 Å². The zero-order valence-corrected chi connectivity index (χ0v) is 19.7. The van der Waals surface area contributed by atoms with Crippen LogP contribution in [0.2, 0.25) is 0 Å². The molecule has 8 nitrogen and oxygen atoms in total. The molecular formula is C27H27FN6O2. The van der Waals surface area contributed by atoms with Crippen molar-refractivity contribution in [2.24, 2.45) is 5.73 Å². The number of benzene rings is 2. The summed E-state index contributed by atoms with van der Waals surface area (Å²) in [6.07, 6.45) is 8.85. The topological polar surface area (TPSA) is 108 Å². The van der Waals surface area contributed by atoms with Crippen LogP contribution in [0.4, 0.5) is 4.39 Å². The van der Waals surface area contributed by atoms with E-state index in [0.717, 1.165) is 24.2 Å². The lowest BCUT2D eigenvalue weighted by Crippen LogP contribution is -2.25. The molecule has 184 valence electrons. The SMILES string of the molecule is NC(=O)c1cccc(-c2cnn(CF)c2)c1-c1nc(CCCC(=O)NC2CC2)cn1-c1ccccc1. The average molecular weight is 487 g/mol. The van der Waals surface area contributed by atoms with E-state index in [1.807, 2.05) is 47.2 Å². The highest BCUT2D eigenvalue weighted by molar-refractivity contribution is 6.03. The van der Waals surface area contributed by atoms with E-state index in [9.17, 15) is 14.0 Å². The Morgan fingerprint density at radius 2 is 1.89 bits per heavy atom. The standard InChI is InChI=1S/C27H27FN6O2/c28-17-33-15-18(14-30-33)22-9-5-10-23(26(29)36)25(22)27-32-20(6-4-11-24(35)31-19-12-13-19)16-34(27)21-7-2-1-3-8-21/h1-3,5,7-10,14-16,19H,4,6,11-13,17H2,(H2,29,36)(H,31,35). The zero-order valence-electron chi connectivity index (χ0n) is 19.7. The first-order valence-corrected chi connectivity index (χ1v) is 12.0. The van der Waals surface area contributed by atoms with Gasteiger partial charge in [0.25, 0.3) is 0 Å². The number of nitrogens with one attached hydrogen (secondary N) is 1. The summed E-state index contributed by atoms with van der Waals surface area (Å²) < 4.78 is 16.3. The maximum Gasteiger partial charge on any atom is 0.249 e. The van der Waals surface area contributed by atoms with E-state index in [-0.39, 0.29) is 5.91 Å². The summed E-state index contributed by atoms with van der Waals surface area (Å²) >= 11 is 0. The van der Waals surface area contributed by atoms with Gasteiger partial charge in [0.15, 0.2) is 6.80 Å². The molecule has 1 aliphatic rings. The molecular weight excluding hydrogens is 459 g/mol. The number of hydrogen-bond donors (Lipinski definition) is 2. The van der Waals surface area contributed by atoms with Crippen molar-refractivity contribution in [3.05, 3.63) is 78.4 Å². The molecule has 1 fully saturated rings. The molecule has 0 bridgehead atoms. The van der Waals surface area contributed by atoms with Crippen molar-refractivity contribution < 1.29 is 14.0 Å². The highest BCUT2D eigenvalue weighted by Gasteiger charge is 2.24. The minimum Gasteiger partial charge on any atom is -0.366 e. The number of aromatic nitrogens is 4. The van der Waals surface area contributed by atoms with Crippen molar-refractivity contribution in [2.45, 2.75) is 44.9 Å². The van der Waals surface area contributed by atoms with E-state index in [1.165, 1.54) is 4.68 Å². The van der Waals surface area contributed by atoms with Crippen molar-refractivity contribution in [1.29, 1.82) is 0 Å². The predicted molar refractivity (Wildman–Crippen MR) is 134 cm³/mol. The van der Waals surface area contributed by atoms with E-state index >= 15 is 0 Å².